The first-order valence-electron chi connectivity index (χ1n) is 12.1. The number of rotatable bonds is 7. The summed E-state index contributed by atoms with van der Waals surface area (Å²) in [6, 6.07) is 7.96. The van der Waals surface area contributed by atoms with Crippen LogP contribution in [-0.4, -0.2) is 69.8 Å². The highest BCUT2D eigenvalue weighted by Crippen LogP contribution is 2.63. The van der Waals surface area contributed by atoms with E-state index in [4.69, 9.17) is 9.47 Å². The van der Waals surface area contributed by atoms with Gasteiger partial charge in [-0.2, -0.15) is 0 Å². The number of aliphatic hydroxyl groups excluding tert-OH is 1. The number of nitrogens with zero attached hydrogens (tertiary/aromatic N) is 1. The molecule has 2 unspecified atom stereocenters. The Balaban J connectivity index is 1.78. The summed E-state index contributed by atoms with van der Waals surface area (Å²) in [5.74, 6) is -2.75. The van der Waals surface area contributed by atoms with E-state index < -0.39 is 46.6 Å². The van der Waals surface area contributed by atoms with Crippen LogP contribution in [0.2, 0.25) is 0 Å². The normalized spacial score (nSPS) is 33.1. The zero-order chi connectivity index (χ0) is 24.9. The molecule has 8 heteroatoms. The molecular formula is C26H36N2O6. The third kappa shape index (κ3) is 3.90. The van der Waals surface area contributed by atoms with Gasteiger partial charge < -0.3 is 24.8 Å². The van der Waals surface area contributed by atoms with Gasteiger partial charge in [0.15, 0.2) is 0 Å². The van der Waals surface area contributed by atoms with E-state index in [-0.39, 0.29) is 25.0 Å². The maximum absolute atomic E-state index is 14.1. The minimum absolute atomic E-state index is 0.199. The first-order valence-corrected chi connectivity index (χ1v) is 12.1. The zero-order valence-corrected chi connectivity index (χ0v) is 20.7. The molecule has 3 fully saturated rings. The van der Waals surface area contributed by atoms with Crippen LogP contribution in [-0.2, 0) is 30.3 Å². The van der Waals surface area contributed by atoms with Gasteiger partial charge >= 0.3 is 5.97 Å². The van der Waals surface area contributed by atoms with Gasteiger partial charge in [0.1, 0.15) is 17.6 Å². The number of ether oxygens (including phenoxy) is 2. The lowest BCUT2D eigenvalue weighted by atomic mass is 9.66. The fraction of sp³-hybridized carbons (Fsp3) is 0.654. The van der Waals surface area contributed by atoms with Crippen LogP contribution in [0.1, 0.15) is 53.0 Å². The summed E-state index contributed by atoms with van der Waals surface area (Å²) in [5.41, 5.74) is -1.59. The number of fused-ring (bicyclic) bond motifs is 1. The third-order valence-corrected chi connectivity index (χ3v) is 7.42. The molecule has 34 heavy (non-hydrogen) atoms. The summed E-state index contributed by atoms with van der Waals surface area (Å²) in [5, 5.41) is 13.4. The average Bonchev–Trinajstić information content (AvgIpc) is 3.32. The molecule has 2 N–H and O–H groups in total. The Labute approximate surface area is 201 Å². The molecule has 0 aliphatic carbocycles. The number of carbonyl (C=O) groups excluding carboxylic acids is 3. The van der Waals surface area contributed by atoms with Crippen molar-refractivity contribution in [3.05, 3.63) is 35.9 Å². The smallest absolute Gasteiger partial charge is 0.312 e. The zero-order valence-electron chi connectivity index (χ0n) is 20.7. The SMILES string of the molecule is CCOC(=O)[C@@H]1[C@H]2C(=O)N([C@@H](CO)Cc3ccccc3)C(C(=O)NC(C)(C)C)C23CC[C@@]1(C)O3. The van der Waals surface area contributed by atoms with Crippen molar-refractivity contribution in [3.63, 3.8) is 0 Å². The minimum atomic E-state index is -1.14. The summed E-state index contributed by atoms with van der Waals surface area (Å²) >= 11 is 0. The number of hydrogen-bond donors (Lipinski definition) is 2. The van der Waals surface area contributed by atoms with Gasteiger partial charge in [-0.1, -0.05) is 30.3 Å². The van der Waals surface area contributed by atoms with E-state index in [9.17, 15) is 19.5 Å². The lowest BCUT2D eigenvalue weighted by Crippen LogP contribution is -2.60. The predicted molar refractivity (Wildman–Crippen MR) is 125 cm³/mol. The molecule has 3 heterocycles. The van der Waals surface area contributed by atoms with Gasteiger partial charge in [0.25, 0.3) is 0 Å². The van der Waals surface area contributed by atoms with Crippen LogP contribution in [0.4, 0.5) is 0 Å². The average molecular weight is 473 g/mol. The highest BCUT2D eigenvalue weighted by Gasteiger charge is 2.78. The Morgan fingerprint density at radius 3 is 2.53 bits per heavy atom. The summed E-state index contributed by atoms with van der Waals surface area (Å²) in [7, 11) is 0. The third-order valence-electron chi connectivity index (χ3n) is 7.42. The molecule has 0 aromatic heterocycles. The highest BCUT2D eigenvalue weighted by molar-refractivity contribution is 5.98. The first kappa shape index (κ1) is 24.7. The van der Waals surface area contributed by atoms with Crippen molar-refractivity contribution in [2.75, 3.05) is 13.2 Å². The topological polar surface area (TPSA) is 105 Å². The van der Waals surface area contributed by atoms with Crippen molar-refractivity contribution in [3.8, 4) is 0 Å². The Kier molecular flexibility index (Phi) is 6.27. The molecule has 3 aliphatic rings. The Bertz CT molecular complexity index is 960. The van der Waals surface area contributed by atoms with Crippen LogP contribution in [0.25, 0.3) is 0 Å². The van der Waals surface area contributed by atoms with Crippen molar-refractivity contribution >= 4 is 17.8 Å². The fourth-order valence-corrected chi connectivity index (χ4v) is 6.22. The van der Waals surface area contributed by atoms with E-state index >= 15 is 0 Å². The largest absolute Gasteiger partial charge is 0.466 e. The Morgan fingerprint density at radius 2 is 1.94 bits per heavy atom. The van der Waals surface area contributed by atoms with Crippen LogP contribution in [0.15, 0.2) is 30.3 Å². The van der Waals surface area contributed by atoms with Crippen LogP contribution in [0, 0.1) is 11.8 Å². The minimum Gasteiger partial charge on any atom is -0.466 e. The Morgan fingerprint density at radius 1 is 1.26 bits per heavy atom. The van der Waals surface area contributed by atoms with Gasteiger partial charge in [0, 0.05) is 5.54 Å². The van der Waals surface area contributed by atoms with Gasteiger partial charge in [0.2, 0.25) is 11.8 Å². The standard InChI is InChI=1S/C26H36N2O6/c1-6-33-23(32)19-18-22(31)28(17(15-29)14-16-10-8-7-9-11-16)20(21(30)27-24(2,3)4)26(18)13-12-25(19,5)34-26/h7-11,17-20,29H,6,12-15H2,1-5H3,(H,27,30)/t17-,18+,19+,20?,25-,26?/m1/s1. The molecule has 1 aromatic carbocycles. The maximum atomic E-state index is 14.1. The summed E-state index contributed by atoms with van der Waals surface area (Å²) < 4.78 is 11.9. The van der Waals surface area contributed by atoms with Gasteiger partial charge in [0.05, 0.1) is 30.8 Å². The number of aliphatic hydroxyl groups is 1. The van der Waals surface area contributed by atoms with Gasteiger partial charge in [-0.25, -0.2) is 0 Å². The Hall–Kier alpha value is -2.45. The van der Waals surface area contributed by atoms with Crippen molar-refractivity contribution in [2.24, 2.45) is 11.8 Å². The summed E-state index contributed by atoms with van der Waals surface area (Å²) in [4.78, 5) is 42.3. The van der Waals surface area contributed by atoms with E-state index in [0.717, 1.165) is 5.56 Å². The van der Waals surface area contributed by atoms with Crippen LogP contribution >= 0.6 is 0 Å². The molecule has 3 aliphatic heterocycles. The molecule has 1 spiro atoms. The van der Waals surface area contributed by atoms with Crippen LogP contribution in [0.3, 0.4) is 0 Å². The fourth-order valence-electron chi connectivity index (χ4n) is 6.22. The van der Waals surface area contributed by atoms with E-state index in [1.165, 1.54) is 4.90 Å². The predicted octanol–water partition coefficient (Wildman–Crippen LogP) is 1.83. The van der Waals surface area contributed by atoms with Crippen molar-refractivity contribution in [1.29, 1.82) is 0 Å². The molecule has 3 saturated heterocycles. The second kappa shape index (κ2) is 8.64. The lowest BCUT2D eigenvalue weighted by Gasteiger charge is -2.38. The van der Waals surface area contributed by atoms with E-state index in [1.54, 1.807) is 6.92 Å². The number of esters is 1. The van der Waals surface area contributed by atoms with Crippen LogP contribution in [0.5, 0.6) is 0 Å². The van der Waals surface area contributed by atoms with Crippen molar-refractivity contribution in [1.82, 2.24) is 10.2 Å². The molecule has 8 nitrogen and oxygen atoms in total. The maximum Gasteiger partial charge on any atom is 0.312 e. The van der Waals surface area contributed by atoms with Gasteiger partial charge in [-0.15, -0.1) is 0 Å². The second-order valence-electron chi connectivity index (χ2n) is 11.0. The summed E-state index contributed by atoms with van der Waals surface area (Å²) in [6.07, 6.45) is 1.42. The van der Waals surface area contributed by atoms with Crippen LogP contribution < -0.4 is 5.32 Å². The van der Waals surface area contributed by atoms with E-state index in [2.05, 4.69) is 5.32 Å². The lowest BCUT2D eigenvalue weighted by molar-refractivity contribution is -0.160. The molecule has 2 bridgehead atoms. The summed E-state index contributed by atoms with van der Waals surface area (Å²) in [6.45, 7) is 9.09. The van der Waals surface area contributed by atoms with Gasteiger partial charge in [-0.3, -0.25) is 14.4 Å². The quantitative estimate of drug-likeness (QED) is 0.587. The number of hydrogen-bond acceptors (Lipinski definition) is 6. The van der Waals surface area contributed by atoms with E-state index in [1.807, 2.05) is 58.0 Å². The molecule has 6 atom stereocenters. The number of likely N-dealkylation sites (tertiary alicyclic amines) is 1. The molecule has 186 valence electrons. The first-order chi connectivity index (χ1) is 16.0. The highest BCUT2D eigenvalue weighted by atomic mass is 16.6. The van der Waals surface area contributed by atoms with Crippen molar-refractivity contribution in [2.45, 2.75) is 82.7 Å². The van der Waals surface area contributed by atoms with E-state index in [0.29, 0.717) is 19.3 Å². The second-order valence-corrected chi connectivity index (χ2v) is 11.0. The number of benzene rings is 1. The number of carbonyl (C=O) groups is 3. The molecule has 0 saturated carbocycles. The molecular weight excluding hydrogens is 436 g/mol. The molecule has 4 rings (SSSR count). The monoisotopic (exact) mass is 472 g/mol. The number of amides is 2. The number of nitrogens with one attached hydrogen (secondary N) is 1. The molecule has 1 aromatic rings. The molecule has 2 amide bonds. The van der Waals surface area contributed by atoms with Gasteiger partial charge in [-0.05, 0) is 59.4 Å². The molecule has 0 radical (unpaired) electrons. The van der Waals surface area contributed by atoms with Crippen molar-refractivity contribution < 1.29 is 29.0 Å².